The highest BCUT2D eigenvalue weighted by Crippen LogP contribution is 2.53. The van der Waals surface area contributed by atoms with E-state index in [1.165, 1.54) is 6.42 Å². The molecule has 0 amide bonds. The molecule has 72 valence electrons. The monoisotopic (exact) mass is 236 g/mol. The summed E-state index contributed by atoms with van der Waals surface area (Å²) in [6, 6.07) is 0. The van der Waals surface area contributed by atoms with Crippen molar-refractivity contribution in [2.75, 3.05) is 32.3 Å². The molecule has 0 saturated heterocycles. The normalized spacial score (nSPS) is 33.8. The Balaban J connectivity index is 2.06. The molecule has 1 saturated carbocycles. The zero-order valence-electron chi connectivity index (χ0n) is 7.81. The Morgan fingerprint density at radius 3 is 2.58 bits per heavy atom. The predicted octanol–water partition coefficient (Wildman–Crippen LogP) is 2.07. The first-order valence-corrected chi connectivity index (χ1v) is 5.50. The highest BCUT2D eigenvalue weighted by atomic mass is 79.9. The molecular weight excluding hydrogens is 220 g/mol. The molecule has 1 rings (SSSR count). The molecule has 0 radical (unpaired) electrons. The van der Waals surface area contributed by atoms with Crippen molar-refractivity contribution in [2.24, 2.45) is 11.3 Å². The standard InChI is InChI=1S/C9H17BrO2/c1-8-5-9(8,6-10)7-12-4-3-11-2/h8H,3-7H2,1-2H3. The van der Waals surface area contributed by atoms with E-state index in [4.69, 9.17) is 9.47 Å². The summed E-state index contributed by atoms with van der Waals surface area (Å²) in [4.78, 5) is 0. The van der Waals surface area contributed by atoms with E-state index < -0.39 is 0 Å². The molecule has 1 fully saturated rings. The summed E-state index contributed by atoms with van der Waals surface area (Å²) in [5, 5.41) is 1.06. The van der Waals surface area contributed by atoms with Crippen molar-refractivity contribution in [1.82, 2.24) is 0 Å². The van der Waals surface area contributed by atoms with Gasteiger partial charge in [0.15, 0.2) is 0 Å². The van der Waals surface area contributed by atoms with Gasteiger partial charge in [0.1, 0.15) is 0 Å². The fourth-order valence-corrected chi connectivity index (χ4v) is 2.34. The average molecular weight is 237 g/mol. The SMILES string of the molecule is COCCOCC1(CBr)CC1C. The van der Waals surface area contributed by atoms with Crippen LogP contribution in [-0.4, -0.2) is 32.3 Å². The van der Waals surface area contributed by atoms with Gasteiger partial charge in [-0.15, -0.1) is 0 Å². The molecule has 2 unspecified atom stereocenters. The first-order valence-electron chi connectivity index (χ1n) is 4.38. The summed E-state index contributed by atoms with van der Waals surface area (Å²) in [7, 11) is 1.70. The maximum absolute atomic E-state index is 5.51. The van der Waals surface area contributed by atoms with E-state index in [0.29, 0.717) is 12.0 Å². The van der Waals surface area contributed by atoms with Gasteiger partial charge in [-0.05, 0) is 12.3 Å². The van der Waals surface area contributed by atoms with Crippen LogP contribution in [0.1, 0.15) is 13.3 Å². The molecular formula is C9H17BrO2. The predicted molar refractivity (Wildman–Crippen MR) is 52.7 cm³/mol. The molecule has 0 N–H and O–H groups in total. The third kappa shape index (κ3) is 2.44. The largest absolute Gasteiger partial charge is 0.382 e. The number of alkyl halides is 1. The maximum Gasteiger partial charge on any atom is 0.0700 e. The molecule has 0 aromatic heterocycles. The van der Waals surface area contributed by atoms with Gasteiger partial charge in [0.2, 0.25) is 0 Å². The highest BCUT2D eigenvalue weighted by molar-refractivity contribution is 9.09. The van der Waals surface area contributed by atoms with Crippen LogP contribution >= 0.6 is 15.9 Å². The van der Waals surface area contributed by atoms with Crippen LogP contribution in [0.3, 0.4) is 0 Å². The average Bonchev–Trinajstić information content (AvgIpc) is 2.72. The zero-order chi connectivity index (χ0) is 9.03. The van der Waals surface area contributed by atoms with Gasteiger partial charge in [0, 0.05) is 17.9 Å². The minimum atomic E-state index is 0.438. The Kier molecular flexibility index (Phi) is 4.00. The minimum absolute atomic E-state index is 0.438. The number of rotatable bonds is 6. The molecule has 0 aromatic carbocycles. The molecule has 3 heteroatoms. The third-order valence-electron chi connectivity index (χ3n) is 2.69. The van der Waals surface area contributed by atoms with Gasteiger partial charge in [0.25, 0.3) is 0 Å². The second kappa shape index (κ2) is 4.58. The third-order valence-corrected chi connectivity index (χ3v) is 3.80. The van der Waals surface area contributed by atoms with Crippen molar-refractivity contribution < 1.29 is 9.47 Å². The van der Waals surface area contributed by atoms with Crippen molar-refractivity contribution in [3.05, 3.63) is 0 Å². The molecule has 0 bridgehead atoms. The Morgan fingerprint density at radius 1 is 1.50 bits per heavy atom. The van der Waals surface area contributed by atoms with Crippen molar-refractivity contribution in [3.8, 4) is 0 Å². The second-order valence-electron chi connectivity index (χ2n) is 3.65. The molecule has 2 atom stereocenters. The molecule has 1 aliphatic rings. The Labute approximate surface area is 82.7 Å². The van der Waals surface area contributed by atoms with Gasteiger partial charge in [0.05, 0.1) is 19.8 Å². The molecule has 0 aliphatic heterocycles. The lowest BCUT2D eigenvalue weighted by Gasteiger charge is -2.12. The summed E-state index contributed by atoms with van der Waals surface area (Å²) < 4.78 is 10.4. The molecule has 1 aliphatic carbocycles. The Hall–Kier alpha value is 0.400. The van der Waals surface area contributed by atoms with Crippen LogP contribution in [0.25, 0.3) is 0 Å². The van der Waals surface area contributed by atoms with Crippen LogP contribution in [0.15, 0.2) is 0 Å². The first kappa shape index (κ1) is 10.5. The van der Waals surface area contributed by atoms with E-state index in [9.17, 15) is 0 Å². The van der Waals surface area contributed by atoms with Crippen molar-refractivity contribution in [3.63, 3.8) is 0 Å². The smallest absolute Gasteiger partial charge is 0.0700 e. The molecule has 2 nitrogen and oxygen atoms in total. The second-order valence-corrected chi connectivity index (χ2v) is 4.21. The topological polar surface area (TPSA) is 18.5 Å². The summed E-state index contributed by atoms with van der Waals surface area (Å²) in [6.07, 6.45) is 1.30. The number of hydrogen-bond donors (Lipinski definition) is 0. The van der Waals surface area contributed by atoms with Crippen LogP contribution in [-0.2, 0) is 9.47 Å². The lowest BCUT2D eigenvalue weighted by Crippen LogP contribution is -2.16. The summed E-state index contributed by atoms with van der Waals surface area (Å²) >= 11 is 3.53. The van der Waals surface area contributed by atoms with Gasteiger partial charge in [-0.25, -0.2) is 0 Å². The molecule has 0 aromatic rings. The van der Waals surface area contributed by atoms with Gasteiger partial charge >= 0.3 is 0 Å². The van der Waals surface area contributed by atoms with Crippen LogP contribution in [0.5, 0.6) is 0 Å². The van der Waals surface area contributed by atoms with Gasteiger partial charge in [-0.2, -0.15) is 0 Å². The number of ether oxygens (including phenoxy) is 2. The molecule has 12 heavy (non-hydrogen) atoms. The summed E-state index contributed by atoms with van der Waals surface area (Å²) in [6.45, 7) is 4.58. The fraction of sp³-hybridized carbons (Fsp3) is 1.00. The van der Waals surface area contributed by atoms with Crippen molar-refractivity contribution >= 4 is 15.9 Å². The van der Waals surface area contributed by atoms with Gasteiger partial charge in [-0.1, -0.05) is 22.9 Å². The van der Waals surface area contributed by atoms with Crippen LogP contribution in [0, 0.1) is 11.3 Å². The van der Waals surface area contributed by atoms with Crippen LogP contribution < -0.4 is 0 Å². The number of methoxy groups -OCH3 is 1. The number of halogens is 1. The van der Waals surface area contributed by atoms with Gasteiger partial charge in [-0.3, -0.25) is 0 Å². The Bertz CT molecular complexity index is 136. The lowest BCUT2D eigenvalue weighted by molar-refractivity contribution is 0.0476. The lowest BCUT2D eigenvalue weighted by atomic mass is 10.1. The summed E-state index contributed by atoms with van der Waals surface area (Å²) in [5.74, 6) is 0.819. The Morgan fingerprint density at radius 2 is 2.17 bits per heavy atom. The van der Waals surface area contributed by atoms with E-state index in [1.807, 2.05) is 0 Å². The summed E-state index contributed by atoms with van der Waals surface area (Å²) in [5.41, 5.74) is 0.438. The van der Waals surface area contributed by atoms with E-state index in [1.54, 1.807) is 7.11 Å². The van der Waals surface area contributed by atoms with Crippen LogP contribution in [0.4, 0.5) is 0 Å². The van der Waals surface area contributed by atoms with Crippen LogP contribution in [0.2, 0.25) is 0 Å². The molecule has 0 heterocycles. The van der Waals surface area contributed by atoms with Crippen molar-refractivity contribution in [2.45, 2.75) is 13.3 Å². The van der Waals surface area contributed by atoms with E-state index in [0.717, 1.165) is 24.5 Å². The number of hydrogen-bond acceptors (Lipinski definition) is 2. The first-order chi connectivity index (χ1) is 5.75. The van der Waals surface area contributed by atoms with E-state index >= 15 is 0 Å². The highest BCUT2D eigenvalue weighted by Gasteiger charge is 2.50. The molecule has 0 spiro atoms. The fourth-order valence-electron chi connectivity index (χ4n) is 1.39. The van der Waals surface area contributed by atoms with Gasteiger partial charge < -0.3 is 9.47 Å². The van der Waals surface area contributed by atoms with E-state index in [-0.39, 0.29) is 0 Å². The maximum atomic E-state index is 5.51. The zero-order valence-corrected chi connectivity index (χ0v) is 9.39. The van der Waals surface area contributed by atoms with E-state index in [2.05, 4.69) is 22.9 Å². The quantitative estimate of drug-likeness (QED) is 0.520. The van der Waals surface area contributed by atoms with Crippen molar-refractivity contribution in [1.29, 1.82) is 0 Å². The minimum Gasteiger partial charge on any atom is -0.382 e.